The second-order valence-electron chi connectivity index (χ2n) is 3.76. The van der Waals surface area contributed by atoms with E-state index in [2.05, 4.69) is 4.98 Å². The first-order valence-corrected chi connectivity index (χ1v) is 5.39. The van der Waals surface area contributed by atoms with Crippen molar-refractivity contribution in [2.75, 3.05) is 0 Å². The SMILES string of the molecule is O=c1cc(CO)[nH]cc1OCc1ccc(F)cc1. The van der Waals surface area contributed by atoms with Gasteiger partial charge in [-0.2, -0.15) is 0 Å². The molecule has 0 fully saturated rings. The molecule has 0 spiro atoms. The molecule has 0 amide bonds. The van der Waals surface area contributed by atoms with E-state index in [4.69, 9.17) is 9.84 Å². The highest BCUT2D eigenvalue weighted by Gasteiger charge is 2.02. The monoisotopic (exact) mass is 249 g/mol. The number of benzene rings is 1. The van der Waals surface area contributed by atoms with Crippen LogP contribution in [-0.4, -0.2) is 10.1 Å². The first-order valence-electron chi connectivity index (χ1n) is 5.39. The summed E-state index contributed by atoms with van der Waals surface area (Å²) in [7, 11) is 0. The summed E-state index contributed by atoms with van der Waals surface area (Å²) in [4.78, 5) is 14.3. The zero-order valence-corrected chi connectivity index (χ0v) is 9.52. The molecule has 0 saturated carbocycles. The highest BCUT2D eigenvalue weighted by atomic mass is 19.1. The first-order chi connectivity index (χ1) is 8.69. The Bertz CT molecular complexity index is 578. The van der Waals surface area contributed by atoms with Gasteiger partial charge in [0.1, 0.15) is 12.4 Å². The van der Waals surface area contributed by atoms with Crippen molar-refractivity contribution in [2.45, 2.75) is 13.2 Å². The third-order valence-corrected chi connectivity index (χ3v) is 2.41. The maximum Gasteiger partial charge on any atom is 0.223 e. The number of H-pyrrole nitrogens is 1. The minimum Gasteiger partial charge on any atom is -0.483 e. The van der Waals surface area contributed by atoms with Crippen molar-refractivity contribution in [1.29, 1.82) is 0 Å². The molecule has 1 heterocycles. The Hall–Kier alpha value is -2.14. The van der Waals surface area contributed by atoms with E-state index in [-0.39, 0.29) is 30.2 Å². The van der Waals surface area contributed by atoms with Crippen molar-refractivity contribution in [3.63, 3.8) is 0 Å². The Morgan fingerprint density at radius 2 is 2.00 bits per heavy atom. The Balaban J connectivity index is 2.06. The minimum atomic E-state index is -0.316. The average molecular weight is 249 g/mol. The van der Waals surface area contributed by atoms with Crippen molar-refractivity contribution < 1.29 is 14.2 Å². The summed E-state index contributed by atoms with van der Waals surface area (Å²) in [5.41, 5.74) is 0.885. The number of ether oxygens (including phenoxy) is 1. The number of aliphatic hydroxyl groups excluding tert-OH is 1. The number of aromatic amines is 1. The van der Waals surface area contributed by atoms with Crippen LogP contribution < -0.4 is 10.2 Å². The first kappa shape index (κ1) is 12.3. The molecule has 2 rings (SSSR count). The molecule has 18 heavy (non-hydrogen) atoms. The number of hydrogen-bond acceptors (Lipinski definition) is 3. The van der Waals surface area contributed by atoms with Gasteiger partial charge in [0.15, 0.2) is 5.75 Å². The summed E-state index contributed by atoms with van der Waals surface area (Å²) in [6.45, 7) is -0.0463. The molecule has 1 aromatic heterocycles. The van der Waals surface area contributed by atoms with Gasteiger partial charge in [-0.3, -0.25) is 4.79 Å². The van der Waals surface area contributed by atoms with E-state index < -0.39 is 0 Å². The number of aromatic nitrogens is 1. The number of halogens is 1. The summed E-state index contributed by atoms with van der Waals surface area (Å²) in [6, 6.07) is 7.12. The van der Waals surface area contributed by atoms with E-state index in [0.29, 0.717) is 5.69 Å². The quantitative estimate of drug-likeness (QED) is 0.864. The molecule has 94 valence electrons. The largest absolute Gasteiger partial charge is 0.483 e. The van der Waals surface area contributed by atoms with Crippen molar-refractivity contribution in [3.05, 3.63) is 63.8 Å². The molecule has 2 N–H and O–H groups in total. The Morgan fingerprint density at radius 3 is 2.61 bits per heavy atom. The van der Waals surface area contributed by atoms with E-state index in [1.54, 1.807) is 12.1 Å². The standard InChI is InChI=1S/C13H12FNO3/c14-10-3-1-9(2-4-10)8-18-13-6-15-11(7-16)5-12(13)17/h1-6,16H,7-8H2,(H,15,17). The molecule has 0 aliphatic rings. The maximum absolute atomic E-state index is 12.7. The lowest BCUT2D eigenvalue weighted by Gasteiger charge is -2.06. The van der Waals surface area contributed by atoms with Crippen LogP contribution >= 0.6 is 0 Å². The Labute approximate surface area is 103 Å². The lowest BCUT2D eigenvalue weighted by molar-refractivity contribution is 0.274. The summed E-state index contributed by atoms with van der Waals surface area (Å²) < 4.78 is 18.0. The van der Waals surface area contributed by atoms with Gasteiger partial charge in [-0.25, -0.2) is 4.39 Å². The number of hydrogen-bond donors (Lipinski definition) is 2. The number of aliphatic hydroxyl groups is 1. The molecule has 5 heteroatoms. The predicted molar refractivity (Wildman–Crippen MR) is 63.7 cm³/mol. The lowest BCUT2D eigenvalue weighted by atomic mass is 10.2. The molecule has 0 atom stereocenters. The van der Waals surface area contributed by atoms with Gasteiger partial charge in [0.25, 0.3) is 0 Å². The van der Waals surface area contributed by atoms with Gasteiger partial charge in [0, 0.05) is 18.0 Å². The van der Waals surface area contributed by atoms with Crippen molar-refractivity contribution in [3.8, 4) is 5.75 Å². The molecule has 0 radical (unpaired) electrons. The zero-order chi connectivity index (χ0) is 13.0. The minimum absolute atomic E-state index is 0.163. The van der Waals surface area contributed by atoms with Gasteiger partial charge in [-0.05, 0) is 17.7 Å². The molecule has 2 aromatic rings. The van der Waals surface area contributed by atoms with E-state index in [1.807, 2.05) is 0 Å². The summed E-state index contributed by atoms with van der Waals surface area (Å²) in [6.07, 6.45) is 1.40. The second-order valence-corrected chi connectivity index (χ2v) is 3.76. The molecular weight excluding hydrogens is 237 g/mol. The van der Waals surface area contributed by atoms with Crippen LogP contribution in [-0.2, 0) is 13.2 Å². The smallest absolute Gasteiger partial charge is 0.223 e. The Morgan fingerprint density at radius 1 is 1.28 bits per heavy atom. The van der Waals surface area contributed by atoms with Crippen LogP contribution in [0.5, 0.6) is 5.75 Å². The lowest BCUT2D eigenvalue weighted by Crippen LogP contribution is -2.09. The molecular formula is C13H12FNO3. The van der Waals surface area contributed by atoms with Crippen LogP contribution in [0.25, 0.3) is 0 Å². The topological polar surface area (TPSA) is 62.3 Å². The van der Waals surface area contributed by atoms with Gasteiger partial charge in [0.05, 0.1) is 6.61 Å². The van der Waals surface area contributed by atoms with Crippen LogP contribution in [0.3, 0.4) is 0 Å². The van der Waals surface area contributed by atoms with Crippen molar-refractivity contribution in [1.82, 2.24) is 4.98 Å². The average Bonchev–Trinajstić information content (AvgIpc) is 2.39. The molecule has 0 aliphatic heterocycles. The van der Waals surface area contributed by atoms with Crippen molar-refractivity contribution in [2.24, 2.45) is 0 Å². The van der Waals surface area contributed by atoms with Gasteiger partial charge in [0.2, 0.25) is 5.43 Å². The summed E-state index contributed by atoms with van der Waals surface area (Å²) in [5.74, 6) is -0.152. The fourth-order valence-electron chi connectivity index (χ4n) is 1.45. The fourth-order valence-corrected chi connectivity index (χ4v) is 1.45. The fraction of sp³-hybridized carbons (Fsp3) is 0.154. The highest BCUT2D eigenvalue weighted by Crippen LogP contribution is 2.08. The normalized spacial score (nSPS) is 10.3. The van der Waals surface area contributed by atoms with Crippen LogP contribution in [0.15, 0.2) is 41.3 Å². The van der Waals surface area contributed by atoms with Gasteiger partial charge < -0.3 is 14.8 Å². The third kappa shape index (κ3) is 2.95. The van der Waals surface area contributed by atoms with E-state index in [0.717, 1.165) is 5.56 Å². The number of nitrogens with one attached hydrogen (secondary N) is 1. The molecule has 0 aliphatic carbocycles. The van der Waals surface area contributed by atoms with Crippen LogP contribution in [0.1, 0.15) is 11.3 Å². The van der Waals surface area contributed by atoms with Gasteiger partial charge >= 0.3 is 0 Å². The van der Waals surface area contributed by atoms with Crippen LogP contribution in [0.2, 0.25) is 0 Å². The number of pyridine rings is 1. The van der Waals surface area contributed by atoms with Crippen LogP contribution in [0, 0.1) is 5.82 Å². The molecule has 0 saturated heterocycles. The van der Waals surface area contributed by atoms with Gasteiger partial charge in [-0.15, -0.1) is 0 Å². The van der Waals surface area contributed by atoms with E-state index in [1.165, 1.54) is 24.4 Å². The predicted octanol–water partition coefficient (Wildman–Crippen LogP) is 1.59. The molecule has 1 aromatic carbocycles. The summed E-state index contributed by atoms with van der Waals surface area (Å²) in [5, 5.41) is 8.84. The zero-order valence-electron chi connectivity index (χ0n) is 9.52. The summed E-state index contributed by atoms with van der Waals surface area (Å²) >= 11 is 0. The molecule has 0 bridgehead atoms. The maximum atomic E-state index is 12.7. The van der Waals surface area contributed by atoms with Crippen LogP contribution in [0.4, 0.5) is 4.39 Å². The molecule has 0 unspecified atom stereocenters. The van der Waals surface area contributed by atoms with E-state index >= 15 is 0 Å². The second kappa shape index (κ2) is 5.46. The third-order valence-electron chi connectivity index (χ3n) is 2.41. The molecule has 4 nitrogen and oxygen atoms in total. The number of rotatable bonds is 4. The Kier molecular flexibility index (Phi) is 3.74. The van der Waals surface area contributed by atoms with E-state index in [9.17, 15) is 9.18 Å². The van der Waals surface area contributed by atoms with Gasteiger partial charge in [-0.1, -0.05) is 12.1 Å². The highest BCUT2D eigenvalue weighted by molar-refractivity contribution is 5.21. The van der Waals surface area contributed by atoms with Crippen molar-refractivity contribution >= 4 is 0 Å².